The van der Waals surface area contributed by atoms with Crippen molar-refractivity contribution in [1.82, 2.24) is 25.1 Å². The predicted molar refractivity (Wildman–Crippen MR) is 68.8 cm³/mol. The molecule has 0 spiro atoms. The van der Waals surface area contributed by atoms with Gasteiger partial charge in [-0.3, -0.25) is 4.79 Å². The van der Waals surface area contributed by atoms with Gasteiger partial charge in [0.2, 0.25) is 5.91 Å². The quantitative estimate of drug-likeness (QED) is 0.822. The Kier molecular flexibility index (Phi) is 3.20. The van der Waals surface area contributed by atoms with Crippen LogP contribution in [0.5, 0.6) is 0 Å². The van der Waals surface area contributed by atoms with Crippen LogP contribution in [-0.2, 0) is 4.79 Å². The molecule has 0 radical (unpaired) electrons. The number of aromatic nitrogens is 4. The van der Waals surface area contributed by atoms with Crippen LogP contribution in [0.1, 0.15) is 6.42 Å². The first-order chi connectivity index (χ1) is 9.34. The molecular weight excluding hydrogens is 244 g/mol. The van der Waals surface area contributed by atoms with Crippen LogP contribution < -0.4 is 10.6 Å². The van der Waals surface area contributed by atoms with E-state index in [-0.39, 0.29) is 11.8 Å². The topological polar surface area (TPSA) is 84.7 Å². The second kappa shape index (κ2) is 5.15. The number of hydrogen-bond acceptors (Lipinski definition) is 5. The number of nitrogens with one attached hydrogen (secondary N) is 2. The molecule has 1 aliphatic heterocycles. The van der Waals surface area contributed by atoms with Crippen molar-refractivity contribution >= 4 is 11.6 Å². The Morgan fingerprint density at radius 3 is 3.21 bits per heavy atom. The minimum absolute atomic E-state index is 0.0133. The Bertz CT molecular complexity index is 561. The third-order valence-corrected chi connectivity index (χ3v) is 3.11. The zero-order chi connectivity index (χ0) is 13.1. The SMILES string of the molecule is O=C(Nc1cccnc1-n1cncn1)C1CCNC1. The van der Waals surface area contributed by atoms with Crippen LogP contribution in [0.4, 0.5) is 5.69 Å². The molecule has 19 heavy (non-hydrogen) atoms. The fourth-order valence-electron chi connectivity index (χ4n) is 2.11. The molecule has 1 fully saturated rings. The van der Waals surface area contributed by atoms with Crippen LogP contribution in [0.2, 0.25) is 0 Å². The number of carbonyl (C=O) groups is 1. The van der Waals surface area contributed by atoms with E-state index in [1.807, 2.05) is 6.07 Å². The van der Waals surface area contributed by atoms with E-state index in [0.717, 1.165) is 19.5 Å². The molecule has 0 aromatic carbocycles. The molecule has 1 aliphatic rings. The van der Waals surface area contributed by atoms with Gasteiger partial charge in [0.05, 0.1) is 11.6 Å². The van der Waals surface area contributed by atoms with E-state index in [1.165, 1.54) is 11.0 Å². The lowest BCUT2D eigenvalue weighted by Gasteiger charge is -2.12. The molecule has 2 aromatic heterocycles. The Morgan fingerprint density at radius 2 is 2.47 bits per heavy atom. The molecule has 3 heterocycles. The van der Waals surface area contributed by atoms with Gasteiger partial charge in [0.25, 0.3) is 0 Å². The predicted octanol–water partition coefficient (Wildman–Crippen LogP) is 0.210. The highest BCUT2D eigenvalue weighted by atomic mass is 16.1. The number of pyridine rings is 1. The molecular formula is C12H14N6O. The van der Waals surface area contributed by atoms with Crippen molar-refractivity contribution in [3.8, 4) is 5.82 Å². The van der Waals surface area contributed by atoms with Crippen LogP contribution in [0.25, 0.3) is 5.82 Å². The van der Waals surface area contributed by atoms with Gasteiger partial charge in [-0.25, -0.2) is 14.6 Å². The Labute approximate surface area is 110 Å². The van der Waals surface area contributed by atoms with Gasteiger partial charge in [0.15, 0.2) is 5.82 Å². The summed E-state index contributed by atoms with van der Waals surface area (Å²) in [5.74, 6) is 0.600. The first-order valence-corrected chi connectivity index (χ1v) is 6.16. The van der Waals surface area contributed by atoms with E-state index in [4.69, 9.17) is 0 Å². The van der Waals surface area contributed by atoms with E-state index in [9.17, 15) is 4.79 Å². The molecule has 0 saturated carbocycles. The van der Waals surface area contributed by atoms with Crippen molar-refractivity contribution in [2.24, 2.45) is 5.92 Å². The van der Waals surface area contributed by atoms with Crippen molar-refractivity contribution in [3.63, 3.8) is 0 Å². The molecule has 0 bridgehead atoms. The summed E-state index contributed by atoms with van der Waals surface area (Å²) >= 11 is 0. The Balaban J connectivity index is 1.83. The number of anilines is 1. The maximum absolute atomic E-state index is 12.1. The smallest absolute Gasteiger partial charge is 0.228 e. The lowest BCUT2D eigenvalue weighted by atomic mass is 10.1. The molecule has 7 heteroatoms. The molecule has 98 valence electrons. The monoisotopic (exact) mass is 258 g/mol. The van der Waals surface area contributed by atoms with Gasteiger partial charge in [0, 0.05) is 12.7 Å². The van der Waals surface area contributed by atoms with E-state index in [2.05, 4.69) is 25.7 Å². The van der Waals surface area contributed by atoms with Crippen molar-refractivity contribution in [1.29, 1.82) is 0 Å². The minimum Gasteiger partial charge on any atom is -0.323 e. The summed E-state index contributed by atoms with van der Waals surface area (Å²) in [5, 5.41) is 10.1. The number of rotatable bonds is 3. The maximum atomic E-state index is 12.1. The zero-order valence-electron chi connectivity index (χ0n) is 10.3. The third kappa shape index (κ3) is 2.45. The summed E-state index contributed by atoms with van der Waals surface area (Å²) in [6.45, 7) is 1.62. The summed E-state index contributed by atoms with van der Waals surface area (Å²) in [6.07, 6.45) is 5.50. The van der Waals surface area contributed by atoms with E-state index in [1.54, 1.807) is 18.6 Å². The highest BCUT2D eigenvalue weighted by molar-refractivity contribution is 5.94. The number of carbonyl (C=O) groups excluding carboxylic acids is 1. The van der Waals surface area contributed by atoms with Crippen LogP contribution in [0.3, 0.4) is 0 Å². The molecule has 1 atom stereocenters. The van der Waals surface area contributed by atoms with E-state index < -0.39 is 0 Å². The van der Waals surface area contributed by atoms with Gasteiger partial charge < -0.3 is 10.6 Å². The molecule has 7 nitrogen and oxygen atoms in total. The van der Waals surface area contributed by atoms with Gasteiger partial charge in [-0.1, -0.05) is 0 Å². The zero-order valence-corrected chi connectivity index (χ0v) is 10.3. The largest absolute Gasteiger partial charge is 0.323 e. The standard InChI is InChI=1S/C12H14N6O/c19-12(9-3-5-13-6-9)17-10-2-1-4-15-11(10)18-8-14-7-16-18/h1-2,4,7-9,13H,3,5-6H2,(H,17,19). The molecule has 0 aliphatic carbocycles. The van der Waals surface area contributed by atoms with Gasteiger partial charge in [-0.15, -0.1) is 0 Å². The lowest BCUT2D eigenvalue weighted by Crippen LogP contribution is -2.25. The summed E-state index contributed by atoms with van der Waals surface area (Å²) < 4.78 is 1.53. The van der Waals surface area contributed by atoms with Gasteiger partial charge in [-0.05, 0) is 25.1 Å². The normalized spacial score (nSPS) is 18.4. The van der Waals surface area contributed by atoms with Gasteiger partial charge in [0.1, 0.15) is 12.7 Å². The van der Waals surface area contributed by atoms with Crippen molar-refractivity contribution in [3.05, 3.63) is 31.0 Å². The molecule has 1 amide bonds. The first kappa shape index (κ1) is 11.8. The lowest BCUT2D eigenvalue weighted by molar-refractivity contribution is -0.119. The van der Waals surface area contributed by atoms with E-state index in [0.29, 0.717) is 11.5 Å². The average Bonchev–Trinajstić information content (AvgIpc) is 3.13. The molecule has 1 saturated heterocycles. The molecule has 2 aromatic rings. The number of amides is 1. The minimum atomic E-state index is 0.0133. The fraction of sp³-hybridized carbons (Fsp3) is 0.333. The van der Waals surface area contributed by atoms with Crippen LogP contribution in [0.15, 0.2) is 31.0 Å². The molecule has 3 rings (SSSR count). The van der Waals surface area contributed by atoms with Crippen molar-refractivity contribution in [2.45, 2.75) is 6.42 Å². The maximum Gasteiger partial charge on any atom is 0.228 e. The third-order valence-electron chi connectivity index (χ3n) is 3.11. The number of nitrogens with zero attached hydrogens (tertiary/aromatic N) is 4. The summed E-state index contributed by atoms with van der Waals surface area (Å²) in [6, 6.07) is 3.59. The summed E-state index contributed by atoms with van der Waals surface area (Å²) in [5.41, 5.74) is 0.643. The van der Waals surface area contributed by atoms with Crippen molar-refractivity contribution in [2.75, 3.05) is 18.4 Å². The van der Waals surface area contributed by atoms with Gasteiger partial charge in [-0.2, -0.15) is 5.10 Å². The molecule has 2 N–H and O–H groups in total. The molecule has 1 unspecified atom stereocenters. The fourth-order valence-corrected chi connectivity index (χ4v) is 2.11. The second-order valence-electron chi connectivity index (χ2n) is 4.39. The average molecular weight is 258 g/mol. The van der Waals surface area contributed by atoms with Gasteiger partial charge >= 0.3 is 0 Å². The van der Waals surface area contributed by atoms with Crippen LogP contribution >= 0.6 is 0 Å². The Morgan fingerprint density at radius 1 is 1.53 bits per heavy atom. The first-order valence-electron chi connectivity index (χ1n) is 6.16. The Hall–Kier alpha value is -2.28. The number of hydrogen-bond donors (Lipinski definition) is 2. The van der Waals surface area contributed by atoms with E-state index >= 15 is 0 Å². The summed E-state index contributed by atoms with van der Waals surface area (Å²) in [7, 11) is 0. The summed E-state index contributed by atoms with van der Waals surface area (Å²) in [4.78, 5) is 20.2. The highest BCUT2D eigenvalue weighted by Gasteiger charge is 2.23. The highest BCUT2D eigenvalue weighted by Crippen LogP contribution is 2.18. The van der Waals surface area contributed by atoms with Crippen LogP contribution in [0, 0.1) is 5.92 Å². The second-order valence-corrected chi connectivity index (χ2v) is 4.39. The van der Waals surface area contributed by atoms with Crippen LogP contribution in [-0.4, -0.2) is 38.7 Å². The van der Waals surface area contributed by atoms with Crippen molar-refractivity contribution < 1.29 is 4.79 Å².